The van der Waals surface area contributed by atoms with Gasteiger partial charge in [-0.15, -0.1) is 0 Å². The summed E-state index contributed by atoms with van der Waals surface area (Å²) < 4.78 is 22.0. The van der Waals surface area contributed by atoms with Gasteiger partial charge in [-0.1, -0.05) is 36.4 Å². The lowest BCUT2D eigenvalue weighted by molar-refractivity contribution is -0.152. The molecule has 1 aliphatic rings. The number of anilines is 2. The molecule has 0 bridgehead atoms. The first-order chi connectivity index (χ1) is 15.2. The summed E-state index contributed by atoms with van der Waals surface area (Å²) in [6.07, 6.45) is -0.164. The summed E-state index contributed by atoms with van der Waals surface area (Å²) in [4.78, 5) is 13.9. The molecule has 4 rings (SSSR count). The molecule has 0 aliphatic carbocycles. The molecule has 6 nitrogen and oxygen atoms in total. The van der Waals surface area contributed by atoms with E-state index in [9.17, 15) is 4.79 Å². The van der Waals surface area contributed by atoms with Crippen molar-refractivity contribution in [3.63, 3.8) is 0 Å². The second kappa shape index (κ2) is 9.53. The van der Waals surface area contributed by atoms with Gasteiger partial charge in [0.1, 0.15) is 12.4 Å². The lowest BCUT2D eigenvalue weighted by Gasteiger charge is -2.32. The van der Waals surface area contributed by atoms with E-state index in [2.05, 4.69) is 4.90 Å². The van der Waals surface area contributed by atoms with E-state index < -0.39 is 6.10 Å². The SMILES string of the molecule is COC(=O)C(Cc1ccc(OCCN2c3ccccc3Oc3ccccc32)cc1)OC. The Hall–Kier alpha value is -3.51. The summed E-state index contributed by atoms with van der Waals surface area (Å²) in [5, 5.41) is 0. The maximum Gasteiger partial charge on any atom is 0.335 e. The highest BCUT2D eigenvalue weighted by Crippen LogP contribution is 2.45. The third-order valence-electron chi connectivity index (χ3n) is 5.21. The minimum Gasteiger partial charge on any atom is -0.492 e. The van der Waals surface area contributed by atoms with Gasteiger partial charge in [0, 0.05) is 13.5 Å². The summed E-state index contributed by atoms with van der Waals surface area (Å²) in [5.41, 5.74) is 3.02. The zero-order chi connectivity index (χ0) is 21.6. The van der Waals surface area contributed by atoms with Crippen LogP contribution in [0.2, 0.25) is 0 Å². The minimum atomic E-state index is -0.613. The molecule has 1 unspecified atom stereocenters. The van der Waals surface area contributed by atoms with Gasteiger partial charge in [-0.2, -0.15) is 0 Å². The van der Waals surface area contributed by atoms with Crippen LogP contribution in [-0.4, -0.2) is 39.4 Å². The van der Waals surface area contributed by atoms with E-state index in [0.29, 0.717) is 19.6 Å². The molecule has 31 heavy (non-hydrogen) atoms. The van der Waals surface area contributed by atoms with E-state index in [1.807, 2.05) is 72.8 Å². The Morgan fingerprint density at radius 3 is 2.10 bits per heavy atom. The number of hydrogen-bond acceptors (Lipinski definition) is 6. The van der Waals surface area contributed by atoms with Crippen LogP contribution in [-0.2, 0) is 20.7 Å². The molecule has 1 heterocycles. The first-order valence-corrected chi connectivity index (χ1v) is 10.2. The van der Waals surface area contributed by atoms with E-state index in [-0.39, 0.29) is 5.97 Å². The molecular weight excluding hydrogens is 394 g/mol. The van der Waals surface area contributed by atoms with Gasteiger partial charge in [0.25, 0.3) is 0 Å². The minimum absolute atomic E-state index is 0.381. The van der Waals surface area contributed by atoms with Crippen molar-refractivity contribution in [2.45, 2.75) is 12.5 Å². The molecule has 0 fully saturated rings. The van der Waals surface area contributed by atoms with Crippen molar-refractivity contribution >= 4 is 17.3 Å². The normalized spacial score (nSPS) is 12.9. The van der Waals surface area contributed by atoms with E-state index in [0.717, 1.165) is 34.2 Å². The summed E-state index contributed by atoms with van der Waals surface area (Å²) in [7, 11) is 2.86. The molecule has 1 aliphatic heterocycles. The fraction of sp³-hybridized carbons (Fsp3) is 0.240. The van der Waals surface area contributed by atoms with E-state index in [1.165, 1.54) is 14.2 Å². The number of fused-ring (bicyclic) bond motifs is 2. The Labute approximate surface area is 181 Å². The van der Waals surface area contributed by atoms with Gasteiger partial charge >= 0.3 is 5.97 Å². The van der Waals surface area contributed by atoms with Crippen molar-refractivity contribution in [3.05, 3.63) is 78.4 Å². The number of benzene rings is 3. The largest absolute Gasteiger partial charge is 0.492 e. The molecule has 0 spiro atoms. The van der Waals surface area contributed by atoms with Crippen LogP contribution in [0, 0.1) is 0 Å². The number of methoxy groups -OCH3 is 2. The van der Waals surface area contributed by atoms with E-state index in [1.54, 1.807) is 0 Å². The summed E-state index contributed by atoms with van der Waals surface area (Å²) in [6, 6.07) is 23.7. The number of nitrogens with zero attached hydrogens (tertiary/aromatic N) is 1. The van der Waals surface area contributed by atoms with Crippen LogP contribution in [0.1, 0.15) is 5.56 Å². The molecule has 0 N–H and O–H groups in total. The molecule has 0 saturated heterocycles. The van der Waals surface area contributed by atoms with Crippen LogP contribution in [0.3, 0.4) is 0 Å². The van der Waals surface area contributed by atoms with E-state index in [4.69, 9.17) is 18.9 Å². The lowest BCUT2D eigenvalue weighted by atomic mass is 10.1. The molecule has 0 saturated carbocycles. The standard InChI is InChI=1S/C25H25NO5/c1-28-24(25(27)29-2)17-18-11-13-19(14-12-18)30-16-15-26-20-7-3-5-9-22(20)31-23-10-6-4-8-21(23)26/h3-14,24H,15-17H2,1-2H3. The summed E-state index contributed by atoms with van der Waals surface area (Å²) >= 11 is 0. The zero-order valence-corrected chi connectivity index (χ0v) is 17.6. The Morgan fingerprint density at radius 1 is 0.903 bits per heavy atom. The average molecular weight is 419 g/mol. The van der Waals surface area contributed by atoms with Crippen molar-refractivity contribution in [1.82, 2.24) is 0 Å². The maximum absolute atomic E-state index is 11.7. The van der Waals surface area contributed by atoms with Gasteiger partial charge in [-0.25, -0.2) is 4.79 Å². The number of carbonyl (C=O) groups is 1. The van der Waals surface area contributed by atoms with Crippen molar-refractivity contribution in [2.75, 3.05) is 32.3 Å². The van der Waals surface area contributed by atoms with Crippen molar-refractivity contribution in [1.29, 1.82) is 0 Å². The topological polar surface area (TPSA) is 57.2 Å². The van der Waals surface area contributed by atoms with Gasteiger partial charge in [-0.3, -0.25) is 0 Å². The highest BCUT2D eigenvalue weighted by atomic mass is 16.6. The van der Waals surface area contributed by atoms with Gasteiger partial charge < -0.3 is 23.8 Å². The third-order valence-corrected chi connectivity index (χ3v) is 5.21. The number of rotatable bonds is 8. The number of esters is 1. The highest BCUT2D eigenvalue weighted by molar-refractivity contribution is 5.77. The number of hydrogen-bond donors (Lipinski definition) is 0. The fourth-order valence-electron chi connectivity index (χ4n) is 3.61. The van der Waals surface area contributed by atoms with Gasteiger partial charge in [-0.05, 0) is 42.0 Å². The van der Waals surface area contributed by atoms with Crippen molar-refractivity contribution in [2.24, 2.45) is 0 Å². The molecule has 0 aromatic heterocycles. The van der Waals surface area contributed by atoms with Crippen LogP contribution < -0.4 is 14.4 Å². The monoisotopic (exact) mass is 419 g/mol. The predicted octanol–water partition coefficient (Wildman–Crippen LogP) is 4.74. The Kier molecular flexibility index (Phi) is 6.38. The Bertz CT molecular complexity index is 989. The van der Waals surface area contributed by atoms with Crippen LogP contribution in [0.25, 0.3) is 0 Å². The Balaban J connectivity index is 1.39. The quantitative estimate of drug-likeness (QED) is 0.492. The van der Waals surface area contributed by atoms with Gasteiger partial charge in [0.05, 0.1) is 25.0 Å². The second-order valence-corrected chi connectivity index (χ2v) is 7.13. The number of carbonyl (C=O) groups excluding carboxylic acids is 1. The zero-order valence-electron chi connectivity index (χ0n) is 17.6. The highest BCUT2D eigenvalue weighted by Gasteiger charge is 2.23. The number of para-hydroxylation sites is 4. The van der Waals surface area contributed by atoms with Crippen molar-refractivity contribution < 1.29 is 23.7 Å². The first-order valence-electron chi connectivity index (χ1n) is 10.2. The van der Waals surface area contributed by atoms with Gasteiger partial charge in [0.15, 0.2) is 17.6 Å². The molecule has 3 aromatic carbocycles. The third kappa shape index (κ3) is 4.64. The maximum atomic E-state index is 11.7. The van der Waals surface area contributed by atoms with Crippen LogP contribution >= 0.6 is 0 Å². The molecular formula is C25H25NO5. The van der Waals surface area contributed by atoms with Crippen LogP contribution in [0.4, 0.5) is 11.4 Å². The predicted molar refractivity (Wildman–Crippen MR) is 118 cm³/mol. The van der Waals surface area contributed by atoms with Crippen molar-refractivity contribution in [3.8, 4) is 17.2 Å². The molecule has 160 valence electrons. The average Bonchev–Trinajstić information content (AvgIpc) is 2.82. The van der Waals surface area contributed by atoms with Gasteiger partial charge in [0.2, 0.25) is 0 Å². The lowest BCUT2D eigenvalue weighted by Crippen LogP contribution is -2.26. The summed E-state index contributed by atoms with van der Waals surface area (Å²) in [5.74, 6) is 2.06. The fourth-order valence-corrected chi connectivity index (χ4v) is 3.61. The summed E-state index contributed by atoms with van der Waals surface area (Å²) in [6.45, 7) is 1.18. The molecule has 6 heteroatoms. The smallest absolute Gasteiger partial charge is 0.335 e. The van der Waals surface area contributed by atoms with Crippen LogP contribution in [0.15, 0.2) is 72.8 Å². The van der Waals surface area contributed by atoms with Crippen LogP contribution in [0.5, 0.6) is 17.2 Å². The Morgan fingerprint density at radius 2 is 1.52 bits per heavy atom. The number of ether oxygens (including phenoxy) is 4. The van der Waals surface area contributed by atoms with E-state index >= 15 is 0 Å². The molecule has 1 atom stereocenters. The molecule has 0 amide bonds. The second-order valence-electron chi connectivity index (χ2n) is 7.13. The molecule has 3 aromatic rings. The first kappa shape index (κ1) is 20.8. The molecule has 0 radical (unpaired) electrons.